The molecule has 0 amide bonds. The third-order valence-corrected chi connectivity index (χ3v) is 6.94. The summed E-state index contributed by atoms with van der Waals surface area (Å²) in [5.74, 6) is 0. The van der Waals surface area contributed by atoms with Gasteiger partial charge in [0, 0.05) is 7.11 Å². The molecule has 0 unspecified atom stereocenters. The lowest BCUT2D eigenvalue weighted by Gasteiger charge is -2.20. The van der Waals surface area contributed by atoms with Crippen LogP contribution < -0.4 is 0 Å². The van der Waals surface area contributed by atoms with Gasteiger partial charge in [0.15, 0.2) is 0 Å². The Labute approximate surface area is 261 Å². The first-order valence-corrected chi connectivity index (χ1v) is 15.7. The minimum Gasteiger partial charge on any atom is -0.378 e. The molecule has 0 bridgehead atoms. The van der Waals surface area contributed by atoms with Gasteiger partial charge in [-0.15, -0.1) is 0 Å². The molecule has 0 aliphatic heterocycles. The first-order chi connectivity index (χ1) is 19.8. The van der Waals surface area contributed by atoms with E-state index in [0.717, 1.165) is 38.5 Å². The van der Waals surface area contributed by atoms with Crippen molar-refractivity contribution in [3.8, 4) is 0 Å². The van der Waals surface area contributed by atoms with E-state index in [-0.39, 0.29) is 5.60 Å². The predicted octanol–water partition coefficient (Wildman–Crippen LogP) is 13.0. The Morgan fingerprint density at radius 3 is 1.55 bits per heavy atom. The molecule has 0 aromatic rings. The van der Waals surface area contributed by atoms with Crippen molar-refractivity contribution in [1.82, 2.24) is 0 Å². The molecule has 0 fully saturated rings. The van der Waals surface area contributed by atoms with Crippen molar-refractivity contribution in [2.75, 3.05) is 7.11 Å². The van der Waals surface area contributed by atoms with Gasteiger partial charge in [0.2, 0.25) is 0 Å². The average Bonchev–Trinajstić information content (AvgIpc) is 2.91. The molecule has 0 radical (unpaired) electrons. The number of unbranched alkanes of at least 4 members (excludes halogenated alkanes) is 1. The molecular weight excluding hydrogens is 508 g/mol. The van der Waals surface area contributed by atoms with Crippen LogP contribution >= 0.6 is 0 Å². The summed E-state index contributed by atoms with van der Waals surface area (Å²) in [5.41, 5.74) is 9.29. The predicted molar refractivity (Wildman–Crippen MR) is 192 cm³/mol. The molecule has 232 valence electrons. The molecule has 0 saturated carbocycles. The van der Waals surface area contributed by atoms with Crippen LogP contribution in [0.15, 0.2) is 130 Å². The molecule has 1 nitrogen and oxygen atoms in total. The monoisotopic (exact) mass is 570 g/mol. The van der Waals surface area contributed by atoms with Gasteiger partial charge in [-0.25, -0.2) is 0 Å². The van der Waals surface area contributed by atoms with E-state index in [0.29, 0.717) is 0 Å². The lowest BCUT2D eigenvalue weighted by Crippen LogP contribution is -2.20. The summed E-state index contributed by atoms with van der Waals surface area (Å²) in [5, 5.41) is 0. The molecule has 1 heteroatoms. The second-order valence-corrected chi connectivity index (χ2v) is 12.4. The van der Waals surface area contributed by atoms with E-state index in [1.165, 1.54) is 45.4 Å². The van der Waals surface area contributed by atoms with Gasteiger partial charge in [-0.05, 0) is 114 Å². The summed E-state index contributed by atoms with van der Waals surface area (Å²) in [7, 11) is 1.76. The summed E-state index contributed by atoms with van der Waals surface area (Å²) in [4.78, 5) is 0. The molecule has 0 aliphatic rings. The van der Waals surface area contributed by atoms with E-state index in [1.807, 2.05) is 0 Å². The molecule has 0 aliphatic carbocycles. The molecule has 0 spiro atoms. The molecule has 0 aromatic carbocycles. The topological polar surface area (TPSA) is 9.23 Å². The third-order valence-electron chi connectivity index (χ3n) is 6.94. The van der Waals surface area contributed by atoms with Crippen LogP contribution in [0.4, 0.5) is 0 Å². The fourth-order valence-corrected chi connectivity index (χ4v) is 3.87. The second kappa shape index (κ2) is 23.6. The van der Waals surface area contributed by atoms with Crippen LogP contribution in [0, 0.1) is 0 Å². The van der Waals surface area contributed by atoms with Crippen molar-refractivity contribution < 1.29 is 4.74 Å². The van der Waals surface area contributed by atoms with Crippen LogP contribution in [0.25, 0.3) is 0 Å². The van der Waals surface area contributed by atoms with Crippen LogP contribution in [0.3, 0.4) is 0 Å². The number of rotatable bonds is 19. The highest BCUT2D eigenvalue weighted by atomic mass is 16.5. The summed E-state index contributed by atoms with van der Waals surface area (Å²) in [6.45, 7) is 21.6. The summed E-state index contributed by atoms with van der Waals surface area (Å²) in [6.07, 6.45) is 40.8. The zero-order valence-electron chi connectivity index (χ0n) is 29.0. The Bertz CT molecular complexity index is 1110. The van der Waals surface area contributed by atoms with Crippen LogP contribution in [-0.4, -0.2) is 12.7 Å². The minimum absolute atomic E-state index is 0.114. The molecule has 0 heterocycles. The maximum Gasteiger partial charge on any atom is 0.0657 e. The first-order valence-electron chi connectivity index (χ1n) is 15.7. The zero-order valence-corrected chi connectivity index (χ0v) is 29.0. The Balaban J connectivity index is 4.53. The number of hydrogen-bond donors (Lipinski definition) is 0. The van der Waals surface area contributed by atoms with Crippen molar-refractivity contribution in [2.24, 2.45) is 0 Å². The Morgan fingerprint density at radius 1 is 0.524 bits per heavy atom. The summed E-state index contributed by atoms with van der Waals surface area (Å²) in [6, 6.07) is 0. The molecule has 0 saturated heterocycles. The van der Waals surface area contributed by atoms with E-state index in [2.05, 4.69) is 160 Å². The highest BCUT2D eigenvalue weighted by Gasteiger charge is 2.12. The fourth-order valence-electron chi connectivity index (χ4n) is 3.87. The summed E-state index contributed by atoms with van der Waals surface area (Å²) < 4.78 is 5.46. The molecule has 42 heavy (non-hydrogen) atoms. The normalized spacial score (nSPS) is 15.3. The lowest BCUT2D eigenvalue weighted by atomic mass is 10.0. The van der Waals surface area contributed by atoms with Crippen molar-refractivity contribution in [3.05, 3.63) is 130 Å². The summed E-state index contributed by atoms with van der Waals surface area (Å²) >= 11 is 0. The number of hydrogen-bond acceptors (Lipinski definition) is 1. The minimum atomic E-state index is -0.114. The van der Waals surface area contributed by atoms with E-state index in [9.17, 15) is 0 Å². The Morgan fingerprint density at radius 2 is 1.00 bits per heavy atom. The van der Waals surface area contributed by atoms with Crippen molar-refractivity contribution >= 4 is 0 Å². The SMILES string of the molecule is COC(C)(C)C/C=C/C(C)=C/C=C/C(C)=C/C=C/C(C)=C/CC\C=C(C)/C=C\C=C(\C)CC/C=C(/C)CCC=C(C)C. The van der Waals surface area contributed by atoms with Gasteiger partial charge in [0.25, 0.3) is 0 Å². The second-order valence-electron chi connectivity index (χ2n) is 12.4. The maximum atomic E-state index is 5.46. The smallest absolute Gasteiger partial charge is 0.0657 e. The number of ether oxygens (including phenoxy) is 1. The largest absolute Gasteiger partial charge is 0.378 e. The van der Waals surface area contributed by atoms with Crippen LogP contribution in [0.1, 0.15) is 114 Å². The van der Waals surface area contributed by atoms with E-state index in [1.54, 1.807) is 7.11 Å². The van der Waals surface area contributed by atoms with Gasteiger partial charge in [-0.1, -0.05) is 130 Å². The van der Waals surface area contributed by atoms with Gasteiger partial charge in [-0.2, -0.15) is 0 Å². The van der Waals surface area contributed by atoms with Gasteiger partial charge >= 0.3 is 0 Å². The molecular formula is C41H62O. The molecule has 0 atom stereocenters. The van der Waals surface area contributed by atoms with E-state index < -0.39 is 0 Å². The van der Waals surface area contributed by atoms with Gasteiger partial charge < -0.3 is 4.74 Å². The standard InChI is InChI=1S/C41H62O/c1-34(2)20-14-23-37(5)26-17-29-38(6)27-15-24-35(3)21-12-13-22-36(4)25-16-28-39(7)30-18-31-40(8)32-19-33-41(9,10)42-11/h15-16,18-22,24-28,30-32H,12-14,17,23,29,33H2,1-11H3/b24-15-,25-16+,30-18+,32-19+,35-21-,36-22+,37-26-,38-27-,39-28+,40-31+. The third kappa shape index (κ3) is 24.9. The zero-order chi connectivity index (χ0) is 31.8. The highest BCUT2D eigenvalue weighted by molar-refractivity contribution is 5.30. The fraction of sp³-hybridized carbons (Fsp3) is 0.463. The first kappa shape index (κ1) is 39.1. The van der Waals surface area contributed by atoms with Crippen molar-refractivity contribution in [3.63, 3.8) is 0 Å². The van der Waals surface area contributed by atoms with Gasteiger partial charge in [-0.3, -0.25) is 0 Å². The Hall–Kier alpha value is -2.90. The number of allylic oxidation sites excluding steroid dienone is 21. The van der Waals surface area contributed by atoms with Crippen LogP contribution in [0.5, 0.6) is 0 Å². The molecule has 0 N–H and O–H groups in total. The van der Waals surface area contributed by atoms with E-state index in [4.69, 9.17) is 4.74 Å². The highest BCUT2D eigenvalue weighted by Crippen LogP contribution is 2.14. The number of methoxy groups -OCH3 is 1. The van der Waals surface area contributed by atoms with Crippen LogP contribution in [0.2, 0.25) is 0 Å². The van der Waals surface area contributed by atoms with Crippen molar-refractivity contribution in [1.29, 1.82) is 0 Å². The van der Waals surface area contributed by atoms with E-state index >= 15 is 0 Å². The van der Waals surface area contributed by atoms with Crippen LogP contribution in [-0.2, 0) is 4.74 Å². The average molecular weight is 571 g/mol. The quantitative estimate of drug-likeness (QED) is 0.0852. The van der Waals surface area contributed by atoms with Crippen molar-refractivity contribution in [2.45, 2.75) is 120 Å². The maximum absolute atomic E-state index is 5.46. The molecule has 0 aromatic heterocycles. The molecule has 0 rings (SSSR count). The van der Waals surface area contributed by atoms with Gasteiger partial charge in [0.05, 0.1) is 5.60 Å². The lowest BCUT2D eigenvalue weighted by molar-refractivity contribution is 0.0255. The Kier molecular flexibility index (Phi) is 22.0. The van der Waals surface area contributed by atoms with Gasteiger partial charge in [0.1, 0.15) is 0 Å².